The first-order chi connectivity index (χ1) is 10.1. The summed E-state index contributed by atoms with van der Waals surface area (Å²) in [5.41, 5.74) is 10.1. The molecule has 0 atom stereocenters. The molecule has 2 N–H and O–H groups in total. The molecule has 0 bridgehead atoms. The summed E-state index contributed by atoms with van der Waals surface area (Å²) < 4.78 is 10.8. The minimum atomic E-state index is 0.406. The Kier molecular flexibility index (Phi) is 4.70. The largest absolute Gasteiger partial charge is 0.493 e. The van der Waals surface area contributed by atoms with Gasteiger partial charge in [0.15, 0.2) is 11.5 Å². The van der Waals surface area contributed by atoms with E-state index in [1.807, 2.05) is 26.2 Å². The van der Waals surface area contributed by atoms with Gasteiger partial charge in [-0.05, 0) is 35.4 Å². The minimum Gasteiger partial charge on any atom is -0.493 e. The minimum absolute atomic E-state index is 0.406. The van der Waals surface area contributed by atoms with E-state index in [1.54, 1.807) is 14.2 Å². The fraction of sp³-hybridized carbons (Fsp3) is 0.294. The van der Waals surface area contributed by atoms with E-state index in [2.05, 4.69) is 29.2 Å². The van der Waals surface area contributed by atoms with E-state index < -0.39 is 0 Å². The van der Waals surface area contributed by atoms with Gasteiger partial charge in [-0.2, -0.15) is 0 Å². The third-order valence-corrected chi connectivity index (χ3v) is 3.49. The lowest BCUT2D eigenvalue weighted by Crippen LogP contribution is -2.08. The summed E-state index contributed by atoms with van der Waals surface area (Å²) in [7, 11) is 7.32. The summed E-state index contributed by atoms with van der Waals surface area (Å²) in [5.74, 6) is 1.40. The van der Waals surface area contributed by atoms with Crippen molar-refractivity contribution in [1.82, 2.24) is 0 Å². The van der Waals surface area contributed by atoms with Crippen LogP contribution < -0.4 is 20.1 Å². The third-order valence-electron chi connectivity index (χ3n) is 3.49. The SMILES string of the molecule is COc1cc(-c2ccc(N(C)C)cc2)cc(CN)c1OC. The summed E-state index contributed by atoms with van der Waals surface area (Å²) in [4.78, 5) is 2.07. The highest BCUT2D eigenvalue weighted by Crippen LogP contribution is 2.36. The molecule has 0 aromatic heterocycles. The fourth-order valence-electron chi connectivity index (χ4n) is 2.31. The molecule has 2 rings (SSSR count). The van der Waals surface area contributed by atoms with Crippen LogP contribution >= 0.6 is 0 Å². The Labute approximate surface area is 126 Å². The molecule has 4 heteroatoms. The van der Waals surface area contributed by atoms with Crippen molar-refractivity contribution in [3.63, 3.8) is 0 Å². The van der Waals surface area contributed by atoms with Crippen LogP contribution in [-0.2, 0) is 6.54 Å². The first-order valence-corrected chi connectivity index (χ1v) is 6.83. The molecule has 0 saturated heterocycles. The Hall–Kier alpha value is -2.20. The van der Waals surface area contributed by atoms with Crippen molar-refractivity contribution >= 4 is 5.69 Å². The van der Waals surface area contributed by atoms with Gasteiger partial charge in [0.2, 0.25) is 0 Å². The quantitative estimate of drug-likeness (QED) is 0.918. The van der Waals surface area contributed by atoms with Crippen LogP contribution in [0.5, 0.6) is 11.5 Å². The Morgan fingerprint density at radius 1 is 0.952 bits per heavy atom. The van der Waals surface area contributed by atoms with Crippen LogP contribution in [0, 0.1) is 0 Å². The van der Waals surface area contributed by atoms with Gasteiger partial charge in [-0.1, -0.05) is 12.1 Å². The number of hydrogen-bond acceptors (Lipinski definition) is 4. The molecule has 0 aliphatic rings. The molecule has 0 heterocycles. The lowest BCUT2D eigenvalue weighted by atomic mass is 10.0. The second kappa shape index (κ2) is 6.50. The summed E-state index contributed by atoms with van der Waals surface area (Å²) in [5, 5.41) is 0. The Morgan fingerprint density at radius 2 is 1.62 bits per heavy atom. The van der Waals surface area contributed by atoms with Crippen molar-refractivity contribution < 1.29 is 9.47 Å². The van der Waals surface area contributed by atoms with Gasteiger partial charge in [0.05, 0.1) is 14.2 Å². The highest BCUT2D eigenvalue weighted by molar-refractivity contribution is 5.71. The van der Waals surface area contributed by atoms with Crippen molar-refractivity contribution in [1.29, 1.82) is 0 Å². The van der Waals surface area contributed by atoms with E-state index in [0.717, 1.165) is 16.7 Å². The molecule has 4 nitrogen and oxygen atoms in total. The molecule has 2 aromatic carbocycles. The van der Waals surface area contributed by atoms with Crippen LogP contribution in [0.25, 0.3) is 11.1 Å². The predicted molar refractivity (Wildman–Crippen MR) is 87.2 cm³/mol. The Bertz CT molecular complexity index is 582. The first kappa shape index (κ1) is 15.2. The third kappa shape index (κ3) is 3.11. The van der Waals surface area contributed by atoms with Gasteiger partial charge in [0.25, 0.3) is 0 Å². The van der Waals surface area contributed by atoms with E-state index in [-0.39, 0.29) is 0 Å². The molecular weight excluding hydrogens is 264 g/mol. The van der Waals surface area contributed by atoms with Crippen molar-refractivity contribution in [2.45, 2.75) is 6.54 Å². The van der Waals surface area contributed by atoms with Crippen molar-refractivity contribution in [2.75, 3.05) is 33.2 Å². The maximum absolute atomic E-state index is 5.82. The monoisotopic (exact) mass is 286 g/mol. The standard InChI is InChI=1S/C17H22N2O2/c1-19(2)15-7-5-12(6-8-15)13-9-14(11-18)17(21-4)16(10-13)20-3/h5-10H,11,18H2,1-4H3. The molecule has 2 aromatic rings. The topological polar surface area (TPSA) is 47.7 Å². The number of hydrogen-bond donors (Lipinski definition) is 1. The number of nitrogens with two attached hydrogens (primary N) is 1. The molecule has 21 heavy (non-hydrogen) atoms. The molecule has 0 spiro atoms. The smallest absolute Gasteiger partial charge is 0.165 e. The highest BCUT2D eigenvalue weighted by Gasteiger charge is 2.12. The van der Waals surface area contributed by atoms with Crippen LogP contribution in [0.2, 0.25) is 0 Å². The number of anilines is 1. The molecule has 0 amide bonds. The van der Waals surface area contributed by atoms with Gasteiger partial charge in [0.1, 0.15) is 0 Å². The number of nitrogens with zero attached hydrogens (tertiary/aromatic N) is 1. The van der Waals surface area contributed by atoms with E-state index in [9.17, 15) is 0 Å². The summed E-state index contributed by atoms with van der Waals surface area (Å²) in [6.45, 7) is 0.406. The van der Waals surface area contributed by atoms with Crippen molar-refractivity contribution in [3.05, 3.63) is 42.0 Å². The zero-order valence-electron chi connectivity index (χ0n) is 13.0. The van der Waals surface area contributed by atoms with Gasteiger partial charge in [-0.25, -0.2) is 0 Å². The van der Waals surface area contributed by atoms with E-state index in [4.69, 9.17) is 15.2 Å². The number of methoxy groups -OCH3 is 2. The van der Waals surface area contributed by atoms with Crippen LogP contribution in [-0.4, -0.2) is 28.3 Å². The van der Waals surface area contributed by atoms with E-state index in [1.165, 1.54) is 5.69 Å². The van der Waals surface area contributed by atoms with Crippen LogP contribution in [0.3, 0.4) is 0 Å². The van der Waals surface area contributed by atoms with Gasteiger partial charge < -0.3 is 20.1 Å². The predicted octanol–water partition coefficient (Wildman–Crippen LogP) is 2.90. The average Bonchev–Trinajstić information content (AvgIpc) is 2.53. The average molecular weight is 286 g/mol. The molecule has 0 aliphatic heterocycles. The first-order valence-electron chi connectivity index (χ1n) is 6.83. The van der Waals surface area contributed by atoms with E-state index in [0.29, 0.717) is 18.0 Å². The van der Waals surface area contributed by atoms with Crippen molar-refractivity contribution in [3.8, 4) is 22.6 Å². The lowest BCUT2D eigenvalue weighted by Gasteiger charge is -2.16. The molecule has 0 aliphatic carbocycles. The van der Waals surface area contributed by atoms with Gasteiger partial charge in [0, 0.05) is 31.9 Å². The van der Waals surface area contributed by atoms with Crippen LogP contribution in [0.4, 0.5) is 5.69 Å². The van der Waals surface area contributed by atoms with Gasteiger partial charge in [-0.15, -0.1) is 0 Å². The second-order valence-electron chi connectivity index (χ2n) is 5.02. The van der Waals surface area contributed by atoms with Crippen molar-refractivity contribution in [2.24, 2.45) is 5.73 Å². The molecule has 112 valence electrons. The summed E-state index contributed by atoms with van der Waals surface area (Å²) in [6.07, 6.45) is 0. The van der Waals surface area contributed by atoms with Gasteiger partial charge >= 0.3 is 0 Å². The maximum Gasteiger partial charge on any atom is 0.165 e. The summed E-state index contributed by atoms with van der Waals surface area (Å²) in [6, 6.07) is 12.4. The molecule has 0 fully saturated rings. The zero-order valence-corrected chi connectivity index (χ0v) is 13.0. The molecular formula is C17H22N2O2. The van der Waals surface area contributed by atoms with E-state index >= 15 is 0 Å². The van der Waals surface area contributed by atoms with Crippen LogP contribution in [0.1, 0.15) is 5.56 Å². The molecule has 0 radical (unpaired) electrons. The Balaban J connectivity index is 2.48. The second-order valence-corrected chi connectivity index (χ2v) is 5.02. The maximum atomic E-state index is 5.82. The zero-order chi connectivity index (χ0) is 15.4. The summed E-state index contributed by atoms with van der Waals surface area (Å²) >= 11 is 0. The molecule has 0 saturated carbocycles. The van der Waals surface area contributed by atoms with Crippen LogP contribution in [0.15, 0.2) is 36.4 Å². The number of ether oxygens (including phenoxy) is 2. The lowest BCUT2D eigenvalue weighted by molar-refractivity contribution is 0.352. The highest BCUT2D eigenvalue weighted by atomic mass is 16.5. The fourth-order valence-corrected chi connectivity index (χ4v) is 2.31. The Morgan fingerprint density at radius 3 is 2.10 bits per heavy atom. The number of benzene rings is 2. The normalized spacial score (nSPS) is 10.3. The molecule has 0 unspecified atom stereocenters. The number of rotatable bonds is 5. The van der Waals surface area contributed by atoms with Gasteiger partial charge in [-0.3, -0.25) is 0 Å².